The lowest BCUT2D eigenvalue weighted by atomic mass is 10.0. The summed E-state index contributed by atoms with van der Waals surface area (Å²) in [5.74, 6) is 0. The van der Waals surface area contributed by atoms with Crippen LogP contribution in [-0.2, 0) is 6.54 Å². The largest absolute Gasteiger partial charge is 0.241 e. The van der Waals surface area contributed by atoms with E-state index in [1.165, 1.54) is 18.2 Å². The summed E-state index contributed by atoms with van der Waals surface area (Å²) in [4.78, 5) is 1.95. The van der Waals surface area contributed by atoms with Gasteiger partial charge in [0.15, 0.2) is 0 Å². The molecule has 0 bridgehead atoms. The fraction of sp³-hybridized carbons (Fsp3) is 0.833. The first-order chi connectivity index (χ1) is 8.32. The first-order valence-electron chi connectivity index (χ1n) is 6.67. The van der Waals surface area contributed by atoms with Gasteiger partial charge in [-0.1, -0.05) is 19.6 Å². The minimum Gasteiger partial charge on any atom is -0.241 e. The average molecular weight is 376 g/mol. The quantitative estimate of drug-likeness (QED) is 0.460. The summed E-state index contributed by atoms with van der Waals surface area (Å²) in [6.45, 7) is 10.3. The van der Waals surface area contributed by atoms with E-state index in [2.05, 4.69) is 57.6 Å². The Labute approximate surface area is 124 Å². The van der Waals surface area contributed by atoms with Crippen LogP contribution in [0.3, 0.4) is 0 Å². The van der Waals surface area contributed by atoms with E-state index in [1.54, 1.807) is 0 Å². The van der Waals surface area contributed by atoms with Crippen molar-refractivity contribution in [3.8, 4) is 0 Å². The van der Waals surface area contributed by atoms with Gasteiger partial charge in [0.25, 0.3) is 0 Å². The van der Waals surface area contributed by atoms with Gasteiger partial charge in [-0.15, -0.1) is 0 Å². The number of hydrogen-bond acceptors (Lipinski definition) is 3. The SMILES string of the molecule is C[C@@H]1C[C@@]2(Cn3ncc([Si](C)(C)C)n3)C[C@H]2N1I. The molecular formula is C12H21IN4Si. The molecule has 2 heterocycles. The molecular weight excluding hydrogens is 355 g/mol. The van der Waals surface area contributed by atoms with Crippen LogP contribution >= 0.6 is 22.9 Å². The highest BCUT2D eigenvalue weighted by atomic mass is 127. The lowest BCUT2D eigenvalue weighted by Crippen LogP contribution is -2.39. The van der Waals surface area contributed by atoms with Gasteiger partial charge in [-0.25, -0.2) is 3.11 Å². The summed E-state index contributed by atoms with van der Waals surface area (Å²) in [5.41, 5.74) is 0.469. The number of piperidine rings is 1. The van der Waals surface area contributed by atoms with Crippen LogP contribution in [0.5, 0.6) is 0 Å². The van der Waals surface area contributed by atoms with Gasteiger partial charge >= 0.3 is 0 Å². The van der Waals surface area contributed by atoms with Crippen LogP contribution in [-0.4, -0.2) is 38.3 Å². The minimum absolute atomic E-state index is 0.469. The molecule has 1 saturated heterocycles. The Morgan fingerprint density at radius 3 is 2.67 bits per heavy atom. The molecule has 0 amide bonds. The molecule has 1 saturated carbocycles. The number of halogens is 1. The molecule has 1 aliphatic heterocycles. The Balaban J connectivity index is 1.74. The maximum atomic E-state index is 4.71. The van der Waals surface area contributed by atoms with Gasteiger partial charge < -0.3 is 0 Å². The molecule has 4 nitrogen and oxygen atoms in total. The molecule has 3 atom stereocenters. The van der Waals surface area contributed by atoms with Crippen LogP contribution < -0.4 is 5.32 Å². The van der Waals surface area contributed by atoms with Crippen molar-refractivity contribution in [1.29, 1.82) is 0 Å². The highest BCUT2D eigenvalue weighted by molar-refractivity contribution is 14.1. The Kier molecular flexibility index (Phi) is 2.91. The maximum absolute atomic E-state index is 4.71. The predicted octanol–water partition coefficient (Wildman–Crippen LogP) is 2.03. The van der Waals surface area contributed by atoms with E-state index in [4.69, 9.17) is 5.10 Å². The van der Waals surface area contributed by atoms with E-state index in [1.807, 2.05) is 11.0 Å². The van der Waals surface area contributed by atoms with Crippen molar-refractivity contribution in [3.05, 3.63) is 6.20 Å². The number of fused-ring (bicyclic) bond motifs is 1. The normalized spacial score (nSPS) is 35.8. The molecule has 0 N–H and O–H groups in total. The molecule has 3 rings (SSSR count). The fourth-order valence-electron chi connectivity index (χ4n) is 3.11. The van der Waals surface area contributed by atoms with Gasteiger partial charge in [0.05, 0.1) is 18.1 Å². The van der Waals surface area contributed by atoms with Gasteiger partial charge in [-0.2, -0.15) is 15.0 Å². The smallest absolute Gasteiger partial charge is 0.106 e. The van der Waals surface area contributed by atoms with Crippen molar-refractivity contribution in [3.63, 3.8) is 0 Å². The van der Waals surface area contributed by atoms with E-state index < -0.39 is 8.07 Å². The van der Waals surface area contributed by atoms with Crippen molar-refractivity contribution in [2.24, 2.45) is 5.41 Å². The first-order valence-corrected chi connectivity index (χ1v) is 11.1. The molecule has 6 heteroatoms. The van der Waals surface area contributed by atoms with E-state index >= 15 is 0 Å². The van der Waals surface area contributed by atoms with E-state index in [9.17, 15) is 0 Å². The van der Waals surface area contributed by atoms with Crippen LogP contribution in [0.15, 0.2) is 6.20 Å². The Hall–Kier alpha value is 0.0469. The Bertz CT molecular complexity index is 469. The van der Waals surface area contributed by atoms with Gasteiger partial charge in [0.1, 0.15) is 8.07 Å². The number of hydrogen-bond donors (Lipinski definition) is 0. The van der Waals surface area contributed by atoms with E-state index in [0.29, 0.717) is 11.5 Å². The molecule has 100 valence electrons. The molecule has 0 radical (unpaired) electrons. The molecule has 1 aromatic heterocycles. The van der Waals surface area contributed by atoms with Crippen molar-refractivity contribution in [2.45, 2.75) is 58.0 Å². The predicted molar refractivity (Wildman–Crippen MR) is 83.8 cm³/mol. The lowest BCUT2D eigenvalue weighted by molar-refractivity contribution is 0.355. The molecule has 0 unspecified atom stereocenters. The van der Waals surface area contributed by atoms with E-state index in [0.717, 1.165) is 12.6 Å². The summed E-state index contributed by atoms with van der Waals surface area (Å²) in [5, 5.41) is 10.4. The molecule has 1 aromatic rings. The second-order valence-electron chi connectivity index (χ2n) is 6.99. The van der Waals surface area contributed by atoms with Crippen molar-refractivity contribution in [1.82, 2.24) is 18.1 Å². The third-order valence-electron chi connectivity index (χ3n) is 4.33. The number of rotatable bonds is 3. The van der Waals surface area contributed by atoms with Crippen LogP contribution in [0.25, 0.3) is 0 Å². The van der Waals surface area contributed by atoms with Crippen LogP contribution in [0.2, 0.25) is 19.6 Å². The van der Waals surface area contributed by atoms with Gasteiger partial charge in [-0.05, 0) is 19.8 Å². The third kappa shape index (κ3) is 2.06. The van der Waals surface area contributed by atoms with E-state index in [-0.39, 0.29) is 0 Å². The maximum Gasteiger partial charge on any atom is 0.106 e. The van der Waals surface area contributed by atoms with Crippen LogP contribution in [0, 0.1) is 5.41 Å². The average Bonchev–Trinajstić information content (AvgIpc) is 2.64. The van der Waals surface area contributed by atoms with Gasteiger partial charge in [-0.3, -0.25) is 0 Å². The summed E-state index contributed by atoms with van der Waals surface area (Å²) in [7, 11) is -1.31. The van der Waals surface area contributed by atoms with Crippen LogP contribution in [0.1, 0.15) is 19.8 Å². The van der Waals surface area contributed by atoms with Crippen molar-refractivity contribution >= 4 is 36.3 Å². The number of nitrogens with zero attached hydrogens (tertiary/aromatic N) is 4. The molecule has 1 aliphatic carbocycles. The summed E-state index contributed by atoms with van der Waals surface area (Å²) >= 11 is 2.49. The zero-order valence-electron chi connectivity index (χ0n) is 11.5. The topological polar surface area (TPSA) is 34.0 Å². The molecule has 2 aliphatic rings. The highest BCUT2D eigenvalue weighted by Gasteiger charge is 2.63. The Morgan fingerprint density at radius 2 is 2.17 bits per heavy atom. The summed E-state index contributed by atoms with van der Waals surface area (Å²) in [6, 6.07) is 1.46. The Morgan fingerprint density at radius 1 is 1.44 bits per heavy atom. The van der Waals surface area contributed by atoms with Gasteiger partial charge in [0, 0.05) is 40.4 Å². The second kappa shape index (κ2) is 4.02. The van der Waals surface area contributed by atoms with Gasteiger partial charge in [0.2, 0.25) is 0 Å². The summed E-state index contributed by atoms with van der Waals surface area (Å²) < 4.78 is 2.50. The zero-order chi connectivity index (χ0) is 13.1. The summed E-state index contributed by atoms with van der Waals surface area (Å²) in [6.07, 6.45) is 4.61. The third-order valence-corrected chi connectivity index (χ3v) is 7.72. The highest BCUT2D eigenvalue weighted by Crippen LogP contribution is 2.61. The lowest BCUT2D eigenvalue weighted by Gasteiger charge is -2.15. The zero-order valence-corrected chi connectivity index (χ0v) is 14.7. The molecule has 2 fully saturated rings. The monoisotopic (exact) mass is 376 g/mol. The van der Waals surface area contributed by atoms with Crippen molar-refractivity contribution in [2.75, 3.05) is 0 Å². The molecule has 18 heavy (non-hydrogen) atoms. The standard InChI is InChI=1S/C12H21IN4Si/c1-9-5-12(6-10(12)17(9)13)8-16-14-7-11(15-16)18(2,3)4/h7,9-10H,5-6,8H2,1-4H3/t9-,10-,12+/m1/s1. The fourth-order valence-corrected chi connectivity index (χ4v) is 4.96. The van der Waals surface area contributed by atoms with Crippen LogP contribution in [0.4, 0.5) is 0 Å². The molecule has 0 aromatic carbocycles. The minimum atomic E-state index is -1.31. The molecule has 0 spiro atoms. The second-order valence-corrected chi connectivity index (χ2v) is 13.1. The first kappa shape index (κ1) is 13.0. The number of aromatic nitrogens is 3. The van der Waals surface area contributed by atoms with Crippen molar-refractivity contribution < 1.29 is 0 Å².